The largest absolute Gasteiger partial charge is 0.489 e. The Labute approximate surface area is 218 Å². The number of fused-ring (bicyclic) bond motifs is 2. The van der Waals surface area contributed by atoms with Gasteiger partial charge in [0.1, 0.15) is 28.8 Å². The molecule has 0 radical (unpaired) electrons. The Morgan fingerprint density at radius 2 is 1.95 bits per heavy atom. The van der Waals surface area contributed by atoms with E-state index in [1.807, 2.05) is 18.7 Å². The molecule has 0 saturated carbocycles. The molecule has 2 atom stereocenters. The van der Waals surface area contributed by atoms with Crippen molar-refractivity contribution in [3.8, 4) is 17.0 Å². The molecule has 3 fully saturated rings. The molecule has 6 rings (SSSR count). The van der Waals surface area contributed by atoms with Gasteiger partial charge in [0, 0.05) is 43.3 Å². The molecule has 1 aromatic heterocycles. The highest BCUT2D eigenvalue weighted by Crippen LogP contribution is 2.47. The lowest BCUT2D eigenvalue weighted by atomic mass is 9.97. The van der Waals surface area contributed by atoms with Crippen LogP contribution in [0.2, 0.25) is 5.02 Å². The molecule has 1 N–H and O–H groups in total. The highest BCUT2D eigenvalue weighted by Gasteiger charge is 2.52. The fourth-order valence-electron chi connectivity index (χ4n) is 6.02. The normalized spacial score (nSPS) is 26.7. The molecule has 7 nitrogen and oxygen atoms in total. The van der Waals surface area contributed by atoms with Gasteiger partial charge in [0.25, 0.3) is 11.8 Å². The molecule has 2 unspecified atom stereocenters. The number of aromatic nitrogens is 1. The number of carbonyl (C=O) groups is 1. The van der Waals surface area contributed by atoms with Gasteiger partial charge in [-0.15, -0.1) is 0 Å². The lowest BCUT2D eigenvalue weighted by Gasteiger charge is -2.42. The second kappa shape index (κ2) is 8.74. The highest BCUT2D eigenvalue weighted by molar-refractivity contribution is 6.35. The van der Waals surface area contributed by atoms with Gasteiger partial charge in [0.05, 0.1) is 24.8 Å². The van der Waals surface area contributed by atoms with Crippen LogP contribution in [0.3, 0.4) is 0 Å². The third-order valence-corrected chi connectivity index (χ3v) is 8.30. The van der Waals surface area contributed by atoms with Crippen LogP contribution in [0.1, 0.15) is 30.6 Å². The van der Waals surface area contributed by atoms with Gasteiger partial charge in [-0.25, -0.2) is 18.2 Å². The lowest BCUT2D eigenvalue weighted by molar-refractivity contribution is -0.143. The first-order valence-electron chi connectivity index (χ1n) is 12.6. The number of pyridine rings is 1. The monoisotopic (exact) mass is 535 g/mol. The summed E-state index contributed by atoms with van der Waals surface area (Å²) in [6, 6.07) is 5.88. The van der Waals surface area contributed by atoms with Gasteiger partial charge in [-0.3, -0.25) is 9.69 Å². The van der Waals surface area contributed by atoms with E-state index in [1.165, 1.54) is 6.07 Å². The van der Waals surface area contributed by atoms with Gasteiger partial charge in [-0.05, 0) is 32.4 Å². The maximum atomic E-state index is 14.9. The fourth-order valence-corrected chi connectivity index (χ4v) is 6.31. The minimum Gasteiger partial charge on any atom is -0.489 e. The van der Waals surface area contributed by atoms with Gasteiger partial charge >= 0.3 is 0 Å². The number of nitrogens with zero attached hydrogens (tertiary/aromatic N) is 4. The third kappa shape index (κ3) is 4.13. The second-order valence-electron chi connectivity index (χ2n) is 11.0. The summed E-state index contributed by atoms with van der Waals surface area (Å²) < 4.78 is 48.5. The minimum absolute atomic E-state index is 0.0842. The van der Waals surface area contributed by atoms with E-state index in [4.69, 9.17) is 21.3 Å². The van der Waals surface area contributed by atoms with Crippen LogP contribution in [-0.2, 0) is 0 Å². The molecule has 3 saturated heterocycles. The molecule has 5 heterocycles. The molecule has 4 aliphatic heterocycles. The van der Waals surface area contributed by atoms with Crippen LogP contribution in [0.15, 0.2) is 24.3 Å². The van der Waals surface area contributed by atoms with Crippen molar-refractivity contribution in [2.45, 2.75) is 43.8 Å². The maximum absolute atomic E-state index is 14.9. The predicted molar refractivity (Wildman–Crippen MR) is 134 cm³/mol. The van der Waals surface area contributed by atoms with Crippen LogP contribution in [-0.4, -0.2) is 90.1 Å². The molecule has 0 bridgehead atoms. The van der Waals surface area contributed by atoms with Crippen LogP contribution in [0.5, 0.6) is 5.75 Å². The first-order chi connectivity index (χ1) is 17.6. The first kappa shape index (κ1) is 24.8. The van der Waals surface area contributed by atoms with E-state index < -0.39 is 17.3 Å². The average Bonchev–Trinajstić information content (AvgIpc) is 3.07. The van der Waals surface area contributed by atoms with E-state index in [0.29, 0.717) is 38.4 Å². The number of ether oxygens (including phenoxy) is 1. The Hall–Kier alpha value is -2.56. The van der Waals surface area contributed by atoms with E-state index >= 15 is 0 Å². The van der Waals surface area contributed by atoms with E-state index in [1.54, 1.807) is 28.0 Å². The summed E-state index contributed by atoms with van der Waals surface area (Å²) in [6.07, 6.45) is 0.614. The van der Waals surface area contributed by atoms with E-state index in [0.717, 1.165) is 0 Å². The molecule has 4 aliphatic rings. The summed E-state index contributed by atoms with van der Waals surface area (Å²) in [4.78, 5) is 24.4. The molecular weight excluding hydrogens is 507 g/mol. The summed E-state index contributed by atoms with van der Waals surface area (Å²) in [7, 11) is 0. The topological polar surface area (TPSA) is 60.9 Å². The van der Waals surface area contributed by atoms with Gasteiger partial charge in [-0.1, -0.05) is 23.7 Å². The van der Waals surface area contributed by atoms with Crippen LogP contribution in [0.25, 0.3) is 11.3 Å². The number of anilines is 1. The Kier molecular flexibility index (Phi) is 5.85. The Bertz CT molecular complexity index is 1250. The molecule has 0 spiro atoms. The molecule has 1 amide bonds. The van der Waals surface area contributed by atoms with Crippen LogP contribution < -0.4 is 15.0 Å². The number of hydrogen-bond donors (Lipinski definition) is 1. The van der Waals surface area contributed by atoms with Crippen LogP contribution >= 0.6 is 11.6 Å². The number of carbonyl (C=O) groups excluding carboxylic acids is 1. The predicted octanol–water partition coefficient (Wildman–Crippen LogP) is 3.66. The lowest BCUT2D eigenvalue weighted by Crippen LogP contribution is -2.60. The summed E-state index contributed by atoms with van der Waals surface area (Å²) >= 11 is 6.81. The maximum Gasteiger partial charge on any atom is 0.272 e. The number of piperazine rings is 1. The summed E-state index contributed by atoms with van der Waals surface area (Å²) in [5.41, 5.74) is 0.130. The number of amides is 1. The van der Waals surface area contributed by atoms with Gasteiger partial charge in [0.15, 0.2) is 5.75 Å². The Morgan fingerprint density at radius 1 is 1.19 bits per heavy atom. The number of hydrogen-bond acceptors (Lipinski definition) is 6. The van der Waals surface area contributed by atoms with Crippen molar-refractivity contribution in [1.82, 2.24) is 20.1 Å². The van der Waals surface area contributed by atoms with Crippen molar-refractivity contribution in [2.24, 2.45) is 0 Å². The standard InChI is InChI=1S/C26H29ClF3N5O2/c1-25(2)9-15(33-13-26(29,30)14-33)11-35(25)23-19-22(37-12-16-10-31-7-8-34(16)24(19)36)20(27)21(32-23)17-5-3-4-6-18(17)28/h3-6,15-16,31H,7-14H2,1-2H3. The molecule has 37 heavy (non-hydrogen) atoms. The number of halogens is 4. The van der Waals surface area contributed by atoms with Gasteiger partial charge in [0.2, 0.25) is 0 Å². The fraction of sp³-hybridized carbons (Fsp3) is 0.538. The number of rotatable bonds is 3. The van der Waals surface area contributed by atoms with E-state index in [-0.39, 0.29) is 65.3 Å². The minimum atomic E-state index is -2.67. The smallest absolute Gasteiger partial charge is 0.272 e. The second-order valence-corrected chi connectivity index (χ2v) is 11.4. The Morgan fingerprint density at radius 3 is 2.68 bits per heavy atom. The molecule has 0 aliphatic carbocycles. The number of likely N-dealkylation sites (tertiary alicyclic amines) is 1. The average molecular weight is 536 g/mol. The zero-order valence-corrected chi connectivity index (χ0v) is 21.5. The van der Waals surface area contributed by atoms with Crippen molar-refractivity contribution < 1.29 is 22.7 Å². The summed E-state index contributed by atoms with van der Waals surface area (Å²) in [5.74, 6) is -2.86. The summed E-state index contributed by atoms with van der Waals surface area (Å²) in [5, 5.41) is 3.37. The van der Waals surface area contributed by atoms with Crippen LogP contribution in [0, 0.1) is 5.82 Å². The Balaban J connectivity index is 1.50. The highest BCUT2D eigenvalue weighted by atomic mass is 35.5. The van der Waals surface area contributed by atoms with Crippen molar-refractivity contribution in [3.05, 3.63) is 40.7 Å². The third-order valence-electron chi connectivity index (χ3n) is 7.95. The van der Waals surface area contributed by atoms with Crippen molar-refractivity contribution >= 4 is 23.3 Å². The molecule has 198 valence electrons. The molecule has 11 heteroatoms. The SMILES string of the molecule is CC1(C)CC(N2CC(F)(F)C2)CN1c1nc(-c2ccccc2F)c(Cl)c2c1C(=O)N1CCNCC1CO2. The number of benzene rings is 1. The van der Waals surface area contributed by atoms with Crippen LogP contribution in [0.4, 0.5) is 19.0 Å². The summed E-state index contributed by atoms with van der Waals surface area (Å²) in [6.45, 7) is 5.84. The van der Waals surface area contributed by atoms with Gasteiger partial charge in [-0.2, -0.15) is 0 Å². The zero-order chi connectivity index (χ0) is 26.1. The molecule has 2 aromatic rings. The number of alkyl halides is 2. The van der Waals surface area contributed by atoms with E-state index in [9.17, 15) is 18.0 Å². The quantitative estimate of drug-likeness (QED) is 0.647. The zero-order valence-electron chi connectivity index (χ0n) is 20.7. The molecular formula is C26H29ClF3N5O2. The van der Waals surface area contributed by atoms with Crippen molar-refractivity contribution in [3.63, 3.8) is 0 Å². The van der Waals surface area contributed by atoms with E-state index in [2.05, 4.69) is 5.32 Å². The molecule has 1 aromatic carbocycles. The number of nitrogens with one attached hydrogen (secondary N) is 1. The van der Waals surface area contributed by atoms with Crippen molar-refractivity contribution in [1.29, 1.82) is 0 Å². The first-order valence-corrected chi connectivity index (χ1v) is 13.0. The van der Waals surface area contributed by atoms with Crippen molar-refractivity contribution in [2.75, 3.05) is 50.8 Å². The van der Waals surface area contributed by atoms with Gasteiger partial charge < -0.3 is 19.9 Å².